The van der Waals surface area contributed by atoms with Crippen LogP contribution in [0, 0.1) is 20.8 Å². The maximum Gasteiger partial charge on any atom is 0.335 e. The molecule has 0 spiro atoms. The average molecular weight is 222 g/mol. The molecule has 88 valence electrons. The Bertz CT molecular complexity index is 419. The largest absolute Gasteiger partial charge is 0.479 e. The molecule has 1 unspecified atom stereocenters. The third-order valence-corrected chi connectivity index (χ3v) is 2.95. The summed E-state index contributed by atoms with van der Waals surface area (Å²) in [7, 11) is 0. The van der Waals surface area contributed by atoms with Crippen molar-refractivity contribution < 1.29 is 15.0 Å². The summed E-state index contributed by atoms with van der Waals surface area (Å²) in [5.74, 6) is -1.19. The second kappa shape index (κ2) is 4.26. The highest BCUT2D eigenvalue weighted by atomic mass is 16.4. The van der Waals surface area contributed by atoms with Gasteiger partial charge in [0.05, 0.1) is 0 Å². The van der Waals surface area contributed by atoms with Crippen LogP contribution in [0.15, 0.2) is 12.1 Å². The molecule has 1 aromatic rings. The van der Waals surface area contributed by atoms with Crippen LogP contribution < -0.4 is 0 Å². The second-order valence-electron chi connectivity index (χ2n) is 4.62. The van der Waals surface area contributed by atoms with Crippen molar-refractivity contribution in [2.45, 2.75) is 39.7 Å². The molecule has 0 saturated heterocycles. The van der Waals surface area contributed by atoms with Gasteiger partial charge in [0.2, 0.25) is 0 Å². The lowest BCUT2D eigenvalue weighted by molar-refractivity contribution is -0.156. The van der Waals surface area contributed by atoms with Gasteiger partial charge in [-0.2, -0.15) is 0 Å². The molecule has 3 nitrogen and oxygen atoms in total. The minimum absolute atomic E-state index is 0.134. The van der Waals surface area contributed by atoms with Gasteiger partial charge >= 0.3 is 5.97 Å². The van der Waals surface area contributed by atoms with Crippen LogP contribution >= 0.6 is 0 Å². The summed E-state index contributed by atoms with van der Waals surface area (Å²) in [6.45, 7) is 7.25. The molecule has 0 heterocycles. The van der Waals surface area contributed by atoms with Gasteiger partial charge in [0, 0.05) is 6.42 Å². The van der Waals surface area contributed by atoms with Gasteiger partial charge < -0.3 is 10.2 Å². The van der Waals surface area contributed by atoms with Crippen LogP contribution in [-0.2, 0) is 11.2 Å². The molecule has 0 aliphatic heterocycles. The van der Waals surface area contributed by atoms with Gasteiger partial charge in [-0.1, -0.05) is 12.1 Å². The Morgan fingerprint density at radius 3 is 2.19 bits per heavy atom. The Hall–Kier alpha value is -1.35. The van der Waals surface area contributed by atoms with E-state index in [-0.39, 0.29) is 6.42 Å². The zero-order valence-corrected chi connectivity index (χ0v) is 10.2. The van der Waals surface area contributed by atoms with E-state index < -0.39 is 11.6 Å². The maximum absolute atomic E-state index is 10.8. The number of benzene rings is 1. The Balaban J connectivity index is 3.07. The third kappa shape index (κ3) is 2.61. The number of rotatable bonds is 3. The van der Waals surface area contributed by atoms with Gasteiger partial charge in [0.15, 0.2) is 5.60 Å². The molecule has 1 atom stereocenters. The maximum atomic E-state index is 10.8. The third-order valence-electron chi connectivity index (χ3n) is 2.95. The van der Waals surface area contributed by atoms with Crippen molar-refractivity contribution in [1.82, 2.24) is 0 Å². The van der Waals surface area contributed by atoms with Crippen molar-refractivity contribution in [3.05, 3.63) is 34.4 Å². The lowest BCUT2D eigenvalue weighted by Crippen LogP contribution is -2.37. The summed E-state index contributed by atoms with van der Waals surface area (Å²) in [4.78, 5) is 10.8. The van der Waals surface area contributed by atoms with Crippen molar-refractivity contribution >= 4 is 5.97 Å². The van der Waals surface area contributed by atoms with E-state index in [0.717, 1.165) is 16.7 Å². The summed E-state index contributed by atoms with van der Waals surface area (Å²) < 4.78 is 0. The smallest absolute Gasteiger partial charge is 0.335 e. The molecule has 3 heteroatoms. The van der Waals surface area contributed by atoms with Gasteiger partial charge in [0.25, 0.3) is 0 Å². The monoisotopic (exact) mass is 222 g/mol. The Labute approximate surface area is 95.7 Å². The van der Waals surface area contributed by atoms with E-state index in [0.29, 0.717) is 0 Å². The average Bonchev–Trinajstić information content (AvgIpc) is 2.13. The first-order valence-corrected chi connectivity index (χ1v) is 5.26. The standard InChI is InChI=1S/C13H18O3/c1-8-5-10(3)11(6-9(8)2)7-13(4,16)12(14)15/h5-6,16H,7H2,1-4H3,(H,14,15). The van der Waals surface area contributed by atoms with Crippen LogP contribution in [0.25, 0.3) is 0 Å². The van der Waals surface area contributed by atoms with Crippen LogP contribution in [0.3, 0.4) is 0 Å². The minimum atomic E-state index is -1.70. The first-order chi connectivity index (χ1) is 7.24. The van der Waals surface area contributed by atoms with E-state index in [1.165, 1.54) is 12.5 Å². The van der Waals surface area contributed by atoms with E-state index >= 15 is 0 Å². The van der Waals surface area contributed by atoms with Crippen molar-refractivity contribution in [2.24, 2.45) is 0 Å². The van der Waals surface area contributed by atoms with Crippen molar-refractivity contribution in [3.63, 3.8) is 0 Å². The van der Waals surface area contributed by atoms with E-state index in [1.54, 1.807) is 0 Å². The molecule has 0 radical (unpaired) electrons. The van der Waals surface area contributed by atoms with Crippen molar-refractivity contribution in [1.29, 1.82) is 0 Å². The summed E-state index contributed by atoms with van der Waals surface area (Å²) in [5, 5.41) is 18.6. The van der Waals surface area contributed by atoms with Gasteiger partial charge in [0.1, 0.15) is 0 Å². The quantitative estimate of drug-likeness (QED) is 0.822. The summed E-state index contributed by atoms with van der Waals surface area (Å²) in [6, 6.07) is 3.96. The number of aliphatic carboxylic acids is 1. The van der Waals surface area contributed by atoms with Crippen molar-refractivity contribution in [3.8, 4) is 0 Å². The molecule has 0 fully saturated rings. The van der Waals surface area contributed by atoms with E-state index in [1.807, 2.05) is 32.9 Å². The molecule has 0 aliphatic carbocycles. The molecule has 1 aromatic carbocycles. The highest BCUT2D eigenvalue weighted by Gasteiger charge is 2.30. The van der Waals surface area contributed by atoms with E-state index in [2.05, 4.69) is 0 Å². The fourth-order valence-corrected chi connectivity index (χ4v) is 1.66. The highest BCUT2D eigenvalue weighted by Crippen LogP contribution is 2.20. The Kier molecular flexibility index (Phi) is 3.38. The molecule has 0 aromatic heterocycles. The first-order valence-electron chi connectivity index (χ1n) is 5.26. The fourth-order valence-electron chi connectivity index (χ4n) is 1.66. The van der Waals surface area contributed by atoms with Crippen LogP contribution in [0.1, 0.15) is 29.2 Å². The molecule has 0 aliphatic rings. The summed E-state index contributed by atoms with van der Waals surface area (Å²) >= 11 is 0. The van der Waals surface area contributed by atoms with Crippen LogP contribution in [0.2, 0.25) is 0 Å². The molecule has 2 N–H and O–H groups in total. The van der Waals surface area contributed by atoms with Gasteiger partial charge in [-0.25, -0.2) is 4.79 Å². The molecule has 0 saturated carbocycles. The van der Waals surface area contributed by atoms with Gasteiger partial charge in [-0.15, -0.1) is 0 Å². The first kappa shape index (κ1) is 12.7. The normalized spacial score (nSPS) is 14.6. The molecule has 0 amide bonds. The van der Waals surface area contributed by atoms with E-state index in [9.17, 15) is 9.90 Å². The summed E-state index contributed by atoms with van der Waals surface area (Å²) in [6.07, 6.45) is 0.134. The topological polar surface area (TPSA) is 57.5 Å². The predicted octanol–water partition coefficient (Wildman–Crippen LogP) is 1.99. The lowest BCUT2D eigenvalue weighted by Gasteiger charge is -2.20. The molecular formula is C13H18O3. The predicted molar refractivity (Wildman–Crippen MR) is 62.6 cm³/mol. The SMILES string of the molecule is Cc1cc(C)c(CC(C)(O)C(=O)O)cc1C. The minimum Gasteiger partial charge on any atom is -0.479 e. The number of carbonyl (C=O) groups is 1. The second-order valence-corrected chi connectivity index (χ2v) is 4.62. The molecule has 1 rings (SSSR count). The number of carboxylic acid groups (broad SMARTS) is 1. The number of hydrogen-bond acceptors (Lipinski definition) is 2. The molecule has 16 heavy (non-hydrogen) atoms. The number of hydrogen-bond donors (Lipinski definition) is 2. The summed E-state index contributed by atoms with van der Waals surface area (Å²) in [5.41, 5.74) is 2.49. The highest BCUT2D eigenvalue weighted by molar-refractivity contribution is 5.77. The lowest BCUT2D eigenvalue weighted by atomic mass is 9.91. The zero-order valence-electron chi connectivity index (χ0n) is 10.2. The van der Waals surface area contributed by atoms with E-state index in [4.69, 9.17) is 5.11 Å². The van der Waals surface area contributed by atoms with Crippen molar-refractivity contribution in [2.75, 3.05) is 0 Å². The number of aliphatic hydroxyl groups is 1. The number of aryl methyl sites for hydroxylation is 3. The Morgan fingerprint density at radius 1 is 1.19 bits per heavy atom. The van der Waals surface area contributed by atoms with Crippen LogP contribution in [0.4, 0.5) is 0 Å². The number of carboxylic acids is 1. The van der Waals surface area contributed by atoms with Gasteiger partial charge in [-0.3, -0.25) is 0 Å². The fraction of sp³-hybridized carbons (Fsp3) is 0.462. The van der Waals surface area contributed by atoms with Crippen LogP contribution in [0.5, 0.6) is 0 Å². The molecular weight excluding hydrogens is 204 g/mol. The molecule has 0 bridgehead atoms. The zero-order chi connectivity index (χ0) is 12.5. The van der Waals surface area contributed by atoms with Gasteiger partial charge in [-0.05, 0) is 49.9 Å². The Morgan fingerprint density at radius 2 is 1.69 bits per heavy atom. The van der Waals surface area contributed by atoms with Crippen LogP contribution in [-0.4, -0.2) is 21.8 Å².